The third kappa shape index (κ3) is 4.45. The van der Waals surface area contributed by atoms with Crippen LogP contribution in [0, 0.1) is 6.92 Å². The fraction of sp³-hybridized carbons (Fsp3) is 0.538. The maximum Gasteiger partial charge on any atom is 0.248 e. The zero-order chi connectivity index (χ0) is 14.4. The lowest BCUT2D eigenvalue weighted by Gasteiger charge is -2.01. The first kappa shape index (κ1) is 14.7. The van der Waals surface area contributed by atoms with E-state index in [2.05, 4.69) is 37.4 Å². The van der Waals surface area contributed by atoms with Gasteiger partial charge in [-0.25, -0.2) is 9.97 Å². The van der Waals surface area contributed by atoms with Gasteiger partial charge in [-0.05, 0) is 19.4 Å². The summed E-state index contributed by atoms with van der Waals surface area (Å²) >= 11 is 5.88. The van der Waals surface area contributed by atoms with Gasteiger partial charge < -0.3 is 0 Å². The lowest BCUT2D eigenvalue weighted by Crippen LogP contribution is -2.00. The van der Waals surface area contributed by atoms with Gasteiger partial charge in [-0.15, -0.1) is 5.10 Å². The van der Waals surface area contributed by atoms with Crippen molar-refractivity contribution in [2.45, 2.75) is 46.0 Å². The maximum atomic E-state index is 5.88. The Morgan fingerprint density at radius 1 is 1.15 bits per heavy atom. The Balaban J connectivity index is 1.92. The van der Waals surface area contributed by atoms with Crippen molar-refractivity contribution in [3.63, 3.8) is 0 Å². The van der Waals surface area contributed by atoms with Crippen molar-refractivity contribution in [1.29, 1.82) is 0 Å². The number of hydrogen-bond acceptors (Lipinski definition) is 5. The quantitative estimate of drug-likeness (QED) is 0.604. The highest BCUT2D eigenvalue weighted by atomic mass is 35.5. The van der Waals surface area contributed by atoms with Crippen LogP contribution in [0.3, 0.4) is 0 Å². The van der Waals surface area contributed by atoms with Crippen LogP contribution in [0.1, 0.15) is 44.1 Å². The van der Waals surface area contributed by atoms with E-state index in [1.54, 1.807) is 6.07 Å². The molecule has 0 saturated carbocycles. The Kier molecular flexibility index (Phi) is 5.29. The molecule has 0 saturated heterocycles. The van der Waals surface area contributed by atoms with Gasteiger partial charge in [0.25, 0.3) is 0 Å². The van der Waals surface area contributed by atoms with E-state index in [1.165, 1.54) is 19.3 Å². The highest BCUT2D eigenvalue weighted by Crippen LogP contribution is 2.13. The molecule has 2 N–H and O–H groups in total. The number of nitrogens with one attached hydrogen (secondary N) is 2. The highest BCUT2D eigenvalue weighted by Gasteiger charge is 2.06. The van der Waals surface area contributed by atoms with Crippen molar-refractivity contribution in [3.8, 4) is 0 Å². The van der Waals surface area contributed by atoms with Crippen LogP contribution in [-0.4, -0.2) is 25.1 Å². The smallest absolute Gasteiger partial charge is 0.248 e. The Labute approximate surface area is 123 Å². The topological polar surface area (TPSA) is 79.4 Å². The summed E-state index contributed by atoms with van der Waals surface area (Å²) in [5, 5.41) is 10.4. The summed E-state index contributed by atoms with van der Waals surface area (Å²) in [6.45, 7) is 4.05. The van der Waals surface area contributed by atoms with E-state index in [0.29, 0.717) is 17.0 Å². The third-order valence-electron chi connectivity index (χ3n) is 2.85. The van der Waals surface area contributed by atoms with Gasteiger partial charge in [-0.2, -0.15) is 4.98 Å². The van der Waals surface area contributed by atoms with Crippen LogP contribution >= 0.6 is 11.6 Å². The van der Waals surface area contributed by atoms with Crippen LogP contribution < -0.4 is 5.32 Å². The number of hydrogen-bond donors (Lipinski definition) is 2. The summed E-state index contributed by atoms with van der Waals surface area (Å²) in [5.74, 6) is 1.76. The van der Waals surface area contributed by atoms with Gasteiger partial charge in [0.1, 0.15) is 11.0 Å². The van der Waals surface area contributed by atoms with Crippen molar-refractivity contribution in [2.75, 3.05) is 5.32 Å². The van der Waals surface area contributed by atoms with Gasteiger partial charge in [0.15, 0.2) is 0 Å². The summed E-state index contributed by atoms with van der Waals surface area (Å²) < 4.78 is 0. The van der Waals surface area contributed by atoms with Crippen molar-refractivity contribution >= 4 is 23.5 Å². The van der Waals surface area contributed by atoms with Gasteiger partial charge in [0.2, 0.25) is 11.9 Å². The molecule has 0 aliphatic carbocycles. The lowest BCUT2D eigenvalue weighted by molar-refractivity contribution is 0.653. The number of unbranched alkanes of at least 4 members (excludes halogenated alkanes) is 3. The zero-order valence-corrected chi connectivity index (χ0v) is 12.5. The summed E-state index contributed by atoms with van der Waals surface area (Å²) in [7, 11) is 0. The Hall–Kier alpha value is -1.69. The van der Waals surface area contributed by atoms with Gasteiger partial charge in [0.05, 0.1) is 0 Å². The van der Waals surface area contributed by atoms with E-state index >= 15 is 0 Å². The molecule has 2 aromatic heterocycles. The predicted molar refractivity (Wildman–Crippen MR) is 79.3 cm³/mol. The Morgan fingerprint density at radius 3 is 2.75 bits per heavy atom. The van der Waals surface area contributed by atoms with Crippen LogP contribution in [0.2, 0.25) is 5.15 Å². The van der Waals surface area contributed by atoms with Gasteiger partial charge in [0, 0.05) is 12.1 Å². The second-order valence-electron chi connectivity index (χ2n) is 4.70. The molecule has 2 heterocycles. The number of halogens is 1. The summed E-state index contributed by atoms with van der Waals surface area (Å²) in [6.07, 6.45) is 5.74. The maximum absolute atomic E-state index is 5.88. The SMILES string of the molecule is CCCCCCc1nc(Nc2nc(C)cc(Cl)n2)n[nH]1. The molecular weight excluding hydrogens is 276 g/mol. The summed E-state index contributed by atoms with van der Waals surface area (Å²) in [5.41, 5.74) is 0.794. The fourth-order valence-electron chi connectivity index (χ4n) is 1.87. The number of aromatic amines is 1. The fourth-order valence-corrected chi connectivity index (χ4v) is 2.11. The Morgan fingerprint density at radius 2 is 2.00 bits per heavy atom. The van der Waals surface area contributed by atoms with E-state index in [4.69, 9.17) is 11.6 Å². The van der Waals surface area contributed by atoms with Crippen molar-refractivity contribution in [3.05, 3.63) is 22.7 Å². The van der Waals surface area contributed by atoms with Crippen LogP contribution in [0.4, 0.5) is 11.9 Å². The zero-order valence-electron chi connectivity index (χ0n) is 11.8. The second-order valence-corrected chi connectivity index (χ2v) is 5.08. The van der Waals surface area contributed by atoms with E-state index in [1.807, 2.05) is 6.92 Å². The average Bonchev–Trinajstić information content (AvgIpc) is 2.81. The van der Waals surface area contributed by atoms with E-state index in [-0.39, 0.29) is 0 Å². The highest BCUT2D eigenvalue weighted by molar-refractivity contribution is 6.29. The van der Waals surface area contributed by atoms with Crippen LogP contribution in [-0.2, 0) is 6.42 Å². The molecule has 2 rings (SSSR count). The van der Waals surface area contributed by atoms with Crippen molar-refractivity contribution < 1.29 is 0 Å². The minimum Gasteiger partial charge on any atom is -0.291 e. The number of aryl methyl sites for hydroxylation is 2. The van der Waals surface area contributed by atoms with E-state index in [9.17, 15) is 0 Å². The molecule has 0 fully saturated rings. The molecule has 0 aliphatic rings. The monoisotopic (exact) mass is 294 g/mol. The molecule has 108 valence electrons. The molecule has 0 spiro atoms. The first-order valence-electron chi connectivity index (χ1n) is 6.87. The number of aromatic nitrogens is 5. The van der Waals surface area contributed by atoms with Crippen LogP contribution in [0.25, 0.3) is 0 Å². The largest absolute Gasteiger partial charge is 0.291 e. The van der Waals surface area contributed by atoms with Crippen LogP contribution in [0.15, 0.2) is 6.07 Å². The molecule has 0 atom stereocenters. The standard InChI is InChI=1S/C13H19ClN6/c1-3-4-5-6-7-11-17-13(20-19-11)18-12-15-9(2)8-10(14)16-12/h8H,3-7H2,1-2H3,(H2,15,16,17,18,19,20). The summed E-state index contributed by atoms with van der Waals surface area (Å²) in [6, 6.07) is 1.70. The second kappa shape index (κ2) is 7.19. The number of nitrogens with zero attached hydrogens (tertiary/aromatic N) is 4. The molecule has 6 nitrogen and oxygen atoms in total. The van der Waals surface area contributed by atoms with Crippen molar-refractivity contribution in [1.82, 2.24) is 25.1 Å². The van der Waals surface area contributed by atoms with Gasteiger partial charge in [-0.3, -0.25) is 10.4 Å². The van der Waals surface area contributed by atoms with E-state index in [0.717, 1.165) is 24.4 Å². The molecule has 0 aromatic carbocycles. The molecule has 0 unspecified atom stereocenters. The number of rotatable bonds is 7. The molecule has 0 amide bonds. The molecule has 20 heavy (non-hydrogen) atoms. The molecule has 7 heteroatoms. The molecule has 0 aliphatic heterocycles. The molecule has 2 aromatic rings. The molecular formula is C13H19ClN6. The summed E-state index contributed by atoms with van der Waals surface area (Å²) in [4.78, 5) is 12.7. The molecule has 0 radical (unpaired) electrons. The first-order chi connectivity index (χ1) is 9.67. The van der Waals surface area contributed by atoms with E-state index < -0.39 is 0 Å². The van der Waals surface area contributed by atoms with Gasteiger partial charge >= 0.3 is 0 Å². The predicted octanol–water partition coefficient (Wildman–Crippen LogP) is 3.42. The third-order valence-corrected chi connectivity index (χ3v) is 3.04. The first-order valence-corrected chi connectivity index (χ1v) is 7.24. The number of H-pyrrole nitrogens is 1. The lowest BCUT2D eigenvalue weighted by atomic mass is 10.1. The van der Waals surface area contributed by atoms with Crippen molar-refractivity contribution in [2.24, 2.45) is 0 Å². The normalized spacial score (nSPS) is 10.8. The minimum atomic E-state index is 0.398. The minimum absolute atomic E-state index is 0.398. The van der Waals surface area contributed by atoms with Crippen LogP contribution in [0.5, 0.6) is 0 Å². The van der Waals surface area contributed by atoms with Gasteiger partial charge in [-0.1, -0.05) is 37.8 Å². The average molecular weight is 295 g/mol. The molecule has 0 bridgehead atoms. The number of anilines is 2. The Bertz CT molecular complexity index is 533.